The number of amides is 1. The first-order chi connectivity index (χ1) is 9.04. The highest BCUT2D eigenvalue weighted by Gasteiger charge is 2.39. The Balaban J connectivity index is 2.17. The van der Waals surface area contributed by atoms with Crippen LogP contribution in [0.15, 0.2) is 23.7 Å². The number of allylic oxidation sites excluding steroid dienone is 2. The predicted octanol–water partition coefficient (Wildman–Crippen LogP) is 0.834. The lowest BCUT2D eigenvalue weighted by atomic mass is 9.82. The fraction of sp³-hybridized carbons (Fsp3) is 0.500. The van der Waals surface area contributed by atoms with Crippen LogP contribution in [0, 0.1) is 11.8 Å². The normalized spacial score (nSPS) is 26.0. The Hall–Kier alpha value is -2.18. The summed E-state index contributed by atoms with van der Waals surface area (Å²) < 4.78 is 15.0. The van der Waals surface area contributed by atoms with E-state index in [0.29, 0.717) is 11.5 Å². The van der Waals surface area contributed by atoms with Gasteiger partial charge >= 0.3 is 12.1 Å². The van der Waals surface area contributed by atoms with E-state index in [9.17, 15) is 14.7 Å². The number of aliphatic carboxylic acids is 1. The third-order valence-electron chi connectivity index (χ3n) is 3.24. The highest BCUT2D eigenvalue weighted by atomic mass is 16.7. The molecular weight excluding hydrogens is 254 g/mol. The Morgan fingerprint density at radius 3 is 2.89 bits per heavy atom. The Kier molecular flexibility index (Phi) is 3.64. The van der Waals surface area contributed by atoms with Gasteiger partial charge in [0.15, 0.2) is 5.76 Å². The van der Waals surface area contributed by atoms with Crippen molar-refractivity contribution in [1.82, 2.24) is 5.32 Å². The maximum atomic E-state index is 11.3. The first kappa shape index (κ1) is 13.3. The summed E-state index contributed by atoms with van der Waals surface area (Å²) in [7, 11) is 1.18. The molecule has 1 aliphatic heterocycles. The Morgan fingerprint density at radius 1 is 1.53 bits per heavy atom. The van der Waals surface area contributed by atoms with Crippen molar-refractivity contribution in [3.8, 4) is 0 Å². The van der Waals surface area contributed by atoms with Crippen LogP contribution in [0.5, 0.6) is 0 Å². The Bertz CT molecular complexity index is 455. The van der Waals surface area contributed by atoms with E-state index in [-0.39, 0.29) is 12.7 Å². The lowest BCUT2D eigenvalue weighted by Gasteiger charge is -2.29. The number of carbonyl (C=O) groups excluding carboxylic acids is 1. The quantitative estimate of drug-likeness (QED) is 0.788. The summed E-state index contributed by atoms with van der Waals surface area (Å²) in [6.45, 7) is 1.96. The van der Waals surface area contributed by atoms with Crippen LogP contribution in [0.2, 0.25) is 0 Å². The zero-order valence-corrected chi connectivity index (χ0v) is 10.6. The number of carbonyl (C=O) groups is 2. The number of carboxylic acid groups (broad SMARTS) is 1. The van der Waals surface area contributed by atoms with Crippen LogP contribution in [-0.4, -0.2) is 37.1 Å². The van der Waals surface area contributed by atoms with E-state index in [1.807, 2.05) is 6.92 Å². The van der Waals surface area contributed by atoms with Crippen molar-refractivity contribution in [1.29, 1.82) is 0 Å². The smallest absolute Gasteiger partial charge is 0.407 e. The molecule has 0 bridgehead atoms. The van der Waals surface area contributed by atoms with Crippen molar-refractivity contribution >= 4 is 12.1 Å². The zero-order chi connectivity index (χ0) is 14.0. The minimum atomic E-state index is -1.13. The fourth-order valence-electron chi connectivity index (χ4n) is 2.23. The minimum absolute atomic E-state index is 0.133. The van der Waals surface area contributed by atoms with Crippen molar-refractivity contribution in [2.75, 3.05) is 13.9 Å². The van der Waals surface area contributed by atoms with Gasteiger partial charge in [-0.1, -0.05) is 13.0 Å². The van der Waals surface area contributed by atoms with Crippen LogP contribution in [0.1, 0.15) is 6.92 Å². The summed E-state index contributed by atoms with van der Waals surface area (Å²) in [4.78, 5) is 22.5. The molecule has 0 radical (unpaired) electrons. The maximum absolute atomic E-state index is 11.3. The summed E-state index contributed by atoms with van der Waals surface area (Å²) in [6, 6.07) is -1.09. The highest BCUT2D eigenvalue weighted by Crippen LogP contribution is 2.36. The SMILES string of the molecule is COC(=O)NC(C(=O)O)C1C=CC2=C(OCO2)C1C. The largest absolute Gasteiger partial charge is 0.480 e. The monoisotopic (exact) mass is 269 g/mol. The molecule has 0 fully saturated rings. The van der Waals surface area contributed by atoms with Crippen LogP contribution in [0.4, 0.5) is 4.79 Å². The van der Waals surface area contributed by atoms with E-state index in [2.05, 4.69) is 10.1 Å². The zero-order valence-electron chi connectivity index (χ0n) is 10.6. The van der Waals surface area contributed by atoms with Gasteiger partial charge in [-0.2, -0.15) is 0 Å². The molecule has 2 rings (SSSR count). The molecule has 0 aromatic heterocycles. The second-order valence-electron chi connectivity index (χ2n) is 4.31. The summed E-state index contributed by atoms with van der Waals surface area (Å²) in [6.07, 6.45) is 2.59. The van der Waals surface area contributed by atoms with Gasteiger partial charge in [-0.25, -0.2) is 9.59 Å². The number of alkyl carbamates (subject to hydrolysis) is 1. The number of methoxy groups -OCH3 is 1. The summed E-state index contributed by atoms with van der Waals surface area (Å²) in [5.41, 5.74) is 0. The van der Waals surface area contributed by atoms with Crippen molar-refractivity contribution in [2.24, 2.45) is 11.8 Å². The molecule has 7 heteroatoms. The third-order valence-corrected chi connectivity index (χ3v) is 3.24. The van der Waals surface area contributed by atoms with Gasteiger partial charge in [-0.3, -0.25) is 0 Å². The Labute approximate surface area is 109 Å². The molecule has 0 aromatic carbocycles. The second kappa shape index (κ2) is 5.21. The molecule has 19 heavy (non-hydrogen) atoms. The van der Waals surface area contributed by atoms with Crippen molar-refractivity contribution in [2.45, 2.75) is 13.0 Å². The molecule has 0 saturated carbocycles. The van der Waals surface area contributed by atoms with Gasteiger partial charge in [0.2, 0.25) is 6.79 Å². The first-order valence-electron chi connectivity index (χ1n) is 5.80. The van der Waals surface area contributed by atoms with Crippen molar-refractivity contribution < 1.29 is 28.9 Å². The van der Waals surface area contributed by atoms with Gasteiger partial charge in [0, 0.05) is 11.8 Å². The van der Waals surface area contributed by atoms with Crippen molar-refractivity contribution in [3.63, 3.8) is 0 Å². The molecule has 1 aliphatic carbocycles. The molecular formula is C12H15NO6. The van der Waals surface area contributed by atoms with E-state index in [1.54, 1.807) is 12.2 Å². The van der Waals surface area contributed by atoms with Crippen LogP contribution in [0.25, 0.3) is 0 Å². The first-order valence-corrected chi connectivity index (χ1v) is 5.80. The van der Waals surface area contributed by atoms with Crippen LogP contribution < -0.4 is 5.32 Å². The standard InChI is InChI=1S/C12H15NO6/c1-6-7(3-4-8-10(6)19-5-18-8)9(11(14)15)13-12(16)17-2/h3-4,6-7,9H,5H2,1-2H3,(H,13,16)(H,14,15). The van der Waals surface area contributed by atoms with Crippen LogP contribution in [0.3, 0.4) is 0 Å². The van der Waals surface area contributed by atoms with E-state index in [0.717, 1.165) is 0 Å². The lowest BCUT2D eigenvalue weighted by Crippen LogP contribution is -2.48. The average molecular weight is 269 g/mol. The van der Waals surface area contributed by atoms with Crippen LogP contribution in [-0.2, 0) is 19.0 Å². The van der Waals surface area contributed by atoms with E-state index in [4.69, 9.17) is 9.47 Å². The van der Waals surface area contributed by atoms with Crippen molar-refractivity contribution in [3.05, 3.63) is 23.7 Å². The predicted molar refractivity (Wildman–Crippen MR) is 62.8 cm³/mol. The molecule has 104 valence electrons. The molecule has 3 atom stereocenters. The fourth-order valence-corrected chi connectivity index (χ4v) is 2.23. The summed E-state index contributed by atoms with van der Waals surface area (Å²) in [5.74, 6) is -0.538. The number of hydrogen-bond donors (Lipinski definition) is 2. The molecule has 1 amide bonds. The van der Waals surface area contributed by atoms with Gasteiger partial charge in [0.25, 0.3) is 0 Å². The topological polar surface area (TPSA) is 94.1 Å². The molecule has 2 aliphatic rings. The lowest BCUT2D eigenvalue weighted by molar-refractivity contribution is -0.140. The second-order valence-corrected chi connectivity index (χ2v) is 4.31. The molecule has 7 nitrogen and oxygen atoms in total. The van der Waals surface area contributed by atoms with E-state index >= 15 is 0 Å². The number of hydrogen-bond acceptors (Lipinski definition) is 5. The van der Waals surface area contributed by atoms with Gasteiger partial charge in [0.1, 0.15) is 11.8 Å². The van der Waals surface area contributed by atoms with Gasteiger partial charge < -0.3 is 24.6 Å². The van der Waals surface area contributed by atoms with E-state index in [1.165, 1.54) is 7.11 Å². The summed E-state index contributed by atoms with van der Waals surface area (Å²) in [5, 5.41) is 11.6. The van der Waals surface area contributed by atoms with Gasteiger partial charge in [-0.15, -0.1) is 0 Å². The molecule has 2 N–H and O–H groups in total. The maximum Gasteiger partial charge on any atom is 0.407 e. The number of ether oxygens (including phenoxy) is 3. The average Bonchev–Trinajstić information content (AvgIpc) is 2.85. The van der Waals surface area contributed by atoms with Gasteiger partial charge in [0.05, 0.1) is 7.11 Å². The molecule has 0 saturated heterocycles. The summed E-state index contributed by atoms with van der Waals surface area (Å²) >= 11 is 0. The molecule has 1 heterocycles. The third kappa shape index (κ3) is 2.49. The number of carboxylic acids is 1. The van der Waals surface area contributed by atoms with Gasteiger partial charge in [-0.05, 0) is 6.08 Å². The minimum Gasteiger partial charge on any atom is -0.480 e. The molecule has 0 aromatic rings. The van der Waals surface area contributed by atoms with Crippen LogP contribution >= 0.6 is 0 Å². The number of rotatable bonds is 3. The highest BCUT2D eigenvalue weighted by molar-refractivity contribution is 5.80. The Morgan fingerprint density at radius 2 is 2.26 bits per heavy atom. The molecule has 3 unspecified atom stereocenters. The van der Waals surface area contributed by atoms with E-state index < -0.39 is 24.0 Å². The number of nitrogens with one attached hydrogen (secondary N) is 1. The molecule has 0 spiro atoms.